The van der Waals surface area contributed by atoms with E-state index in [1.54, 1.807) is 11.8 Å². The average molecular weight is 826 g/mol. The minimum Gasteiger partial charge on any atom is -0.453 e. The Morgan fingerprint density at radius 3 is 1.71 bits per heavy atom. The summed E-state index contributed by atoms with van der Waals surface area (Å²) in [5.41, 5.74) is 17.1. The van der Waals surface area contributed by atoms with Crippen LogP contribution in [0.15, 0.2) is 161 Å². The lowest BCUT2D eigenvalue weighted by Gasteiger charge is -2.44. The van der Waals surface area contributed by atoms with E-state index in [9.17, 15) is 0 Å². The van der Waals surface area contributed by atoms with Crippen LogP contribution in [0.25, 0.3) is 16.6 Å². The highest BCUT2D eigenvalue weighted by Gasteiger charge is 2.47. The summed E-state index contributed by atoms with van der Waals surface area (Å²) < 4.78 is 9.62. The fourth-order valence-corrected chi connectivity index (χ4v) is 10.8. The molecule has 3 aliphatic rings. The van der Waals surface area contributed by atoms with Crippen LogP contribution in [-0.4, -0.2) is 11.3 Å². The van der Waals surface area contributed by atoms with Gasteiger partial charge >= 0.3 is 0 Å². The quantitative estimate of drug-likeness (QED) is 0.165. The summed E-state index contributed by atoms with van der Waals surface area (Å²) in [4.78, 5) is 7.32. The van der Waals surface area contributed by atoms with Gasteiger partial charge in [-0.1, -0.05) is 147 Å². The number of ether oxygens (including phenoxy) is 1. The molecule has 4 nitrogen and oxygen atoms in total. The Morgan fingerprint density at radius 1 is 0.484 bits per heavy atom. The van der Waals surface area contributed by atoms with Crippen LogP contribution in [0.4, 0.5) is 34.1 Å². The Bertz CT molecular complexity index is 3070. The molecule has 4 heterocycles. The number of nitrogens with zero attached hydrogens (tertiary/aromatic N) is 3. The molecule has 0 spiro atoms. The van der Waals surface area contributed by atoms with Crippen molar-refractivity contribution < 1.29 is 4.74 Å². The molecule has 0 saturated heterocycles. The summed E-state index contributed by atoms with van der Waals surface area (Å²) in [5.74, 6) is 1.79. The first-order chi connectivity index (χ1) is 29.7. The van der Waals surface area contributed by atoms with Gasteiger partial charge in [-0.3, -0.25) is 0 Å². The molecule has 1 aromatic heterocycles. The summed E-state index contributed by atoms with van der Waals surface area (Å²) in [6.07, 6.45) is 0. The van der Waals surface area contributed by atoms with Crippen LogP contribution in [0.2, 0.25) is 0 Å². The number of aromatic nitrogens is 1. The number of rotatable bonds is 3. The predicted octanol–water partition coefficient (Wildman–Crippen LogP) is 13.9. The number of hydrogen-bond donors (Lipinski definition) is 0. The van der Waals surface area contributed by atoms with Crippen LogP contribution in [0.1, 0.15) is 79.0 Å². The van der Waals surface area contributed by atoms with Gasteiger partial charge in [0.1, 0.15) is 5.75 Å². The monoisotopic (exact) mass is 825 g/mol. The first-order valence-corrected chi connectivity index (χ1v) is 22.8. The zero-order valence-electron chi connectivity index (χ0n) is 37.2. The van der Waals surface area contributed by atoms with Crippen molar-refractivity contribution in [2.24, 2.45) is 0 Å². The third-order valence-electron chi connectivity index (χ3n) is 13.1. The van der Waals surface area contributed by atoms with Crippen molar-refractivity contribution in [2.45, 2.75) is 88.3 Å². The first kappa shape index (κ1) is 38.8. The van der Waals surface area contributed by atoms with Crippen molar-refractivity contribution in [3.8, 4) is 17.2 Å². The molecular formula is C56H52BN3OS. The Labute approximate surface area is 371 Å². The zero-order valence-corrected chi connectivity index (χ0v) is 38.0. The maximum atomic E-state index is 7.08. The van der Waals surface area contributed by atoms with Crippen LogP contribution >= 0.6 is 11.8 Å². The van der Waals surface area contributed by atoms with Crippen molar-refractivity contribution in [1.29, 1.82) is 0 Å². The Hall–Kier alpha value is -6.11. The van der Waals surface area contributed by atoms with Crippen molar-refractivity contribution >= 4 is 80.0 Å². The van der Waals surface area contributed by atoms with Crippen LogP contribution < -0.4 is 31.1 Å². The van der Waals surface area contributed by atoms with E-state index in [4.69, 9.17) is 4.74 Å². The highest BCUT2D eigenvalue weighted by molar-refractivity contribution is 7.99. The normalized spacial score (nSPS) is 14.2. The minimum absolute atomic E-state index is 0.0216. The summed E-state index contributed by atoms with van der Waals surface area (Å²) in [7, 11) is 0. The molecule has 62 heavy (non-hydrogen) atoms. The van der Waals surface area contributed by atoms with Gasteiger partial charge in [-0.15, -0.1) is 0 Å². The van der Waals surface area contributed by atoms with Gasteiger partial charge in [-0.05, 0) is 123 Å². The highest BCUT2D eigenvalue weighted by atomic mass is 32.2. The third-order valence-corrected chi connectivity index (χ3v) is 14.2. The summed E-state index contributed by atoms with van der Waals surface area (Å²) in [6, 6.07) is 56.7. The fourth-order valence-electron chi connectivity index (χ4n) is 9.84. The van der Waals surface area contributed by atoms with Gasteiger partial charge in [0.2, 0.25) is 0 Å². The van der Waals surface area contributed by atoms with E-state index in [1.165, 1.54) is 56.0 Å². The molecule has 0 amide bonds. The molecule has 0 radical (unpaired) electrons. The van der Waals surface area contributed by atoms with E-state index in [1.807, 2.05) is 0 Å². The average Bonchev–Trinajstić information content (AvgIpc) is 3.60. The van der Waals surface area contributed by atoms with Crippen molar-refractivity contribution in [2.75, 3.05) is 9.80 Å². The standard InChI is InChI=1S/C56H52BN3OS/c1-54(2,3)35-22-27-39(28-23-35)58-43-32-26-37(56(7,8)9)34-42(43)57-49-44(58)18-15-19-45(49)59(40-29-24-36(25-30-40)55(4,5)6)51-41-31-33-48-52(61-46-20-13-14-21-47(46)62-48)50(41)60(53(51)57)38-16-11-10-12-17-38/h10-34H,1-9H3. The molecule has 6 heteroatoms. The number of hydrogen-bond acceptors (Lipinski definition) is 4. The molecule has 306 valence electrons. The topological polar surface area (TPSA) is 20.6 Å². The van der Waals surface area contributed by atoms with E-state index in [-0.39, 0.29) is 23.0 Å². The molecule has 7 aromatic carbocycles. The predicted molar refractivity (Wildman–Crippen MR) is 264 cm³/mol. The molecule has 0 bridgehead atoms. The lowest BCUT2D eigenvalue weighted by Crippen LogP contribution is -2.63. The molecule has 0 unspecified atom stereocenters. The second-order valence-corrected chi connectivity index (χ2v) is 21.4. The van der Waals surface area contributed by atoms with Crippen LogP contribution in [0.5, 0.6) is 11.5 Å². The third kappa shape index (κ3) is 5.97. The van der Waals surface area contributed by atoms with Gasteiger partial charge in [0, 0.05) is 45.1 Å². The number of anilines is 6. The molecular weight excluding hydrogens is 774 g/mol. The number of para-hydroxylation sites is 2. The molecule has 0 N–H and O–H groups in total. The van der Waals surface area contributed by atoms with Gasteiger partial charge in [-0.25, -0.2) is 0 Å². The van der Waals surface area contributed by atoms with Gasteiger partial charge in [0.15, 0.2) is 5.75 Å². The largest absolute Gasteiger partial charge is 0.453 e. The molecule has 0 atom stereocenters. The Kier molecular flexibility index (Phi) is 8.57. The van der Waals surface area contributed by atoms with Crippen LogP contribution in [0.3, 0.4) is 0 Å². The second kappa shape index (κ2) is 13.7. The number of benzene rings is 7. The van der Waals surface area contributed by atoms with E-state index >= 15 is 0 Å². The molecule has 0 fully saturated rings. The fraction of sp³-hybridized carbons (Fsp3) is 0.214. The number of fused-ring (bicyclic) bond motifs is 9. The second-order valence-electron chi connectivity index (χ2n) is 20.3. The summed E-state index contributed by atoms with van der Waals surface area (Å²) in [5, 5.41) is 1.16. The van der Waals surface area contributed by atoms with Crippen molar-refractivity contribution in [3.05, 3.63) is 168 Å². The van der Waals surface area contributed by atoms with Crippen LogP contribution in [-0.2, 0) is 16.2 Å². The van der Waals surface area contributed by atoms with Crippen LogP contribution in [0, 0.1) is 0 Å². The molecule has 0 saturated carbocycles. The maximum absolute atomic E-state index is 7.08. The van der Waals surface area contributed by atoms with E-state index in [0.29, 0.717) is 0 Å². The first-order valence-electron chi connectivity index (χ1n) is 22.0. The Morgan fingerprint density at radius 2 is 1.06 bits per heavy atom. The maximum Gasteiger partial charge on any atom is 0.273 e. The van der Waals surface area contributed by atoms with Gasteiger partial charge in [0.05, 0.1) is 21.0 Å². The van der Waals surface area contributed by atoms with Gasteiger partial charge < -0.3 is 19.1 Å². The van der Waals surface area contributed by atoms with E-state index in [0.717, 1.165) is 49.3 Å². The van der Waals surface area contributed by atoms with E-state index < -0.39 is 0 Å². The zero-order chi connectivity index (χ0) is 42.9. The lowest BCUT2D eigenvalue weighted by atomic mass is 9.34. The smallest absolute Gasteiger partial charge is 0.273 e. The summed E-state index contributed by atoms with van der Waals surface area (Å²) >= 11 is 1.79. The van der Waals surface area contributed by atoms with E-state index in [2.05, 4.69) is 228 Å². The SMILES string of the molecule is CC(C)(C)c1ccc(N2c3ccc(C(C)(C)C)cc3B3c4c2cccc4N(c2ccc(C(C)(C)C)cc2)c2c3n(-c3ccccc3)c3c4c(ccc23)Sc2ccccc2O4)cc1. The summed E-state index contributed by atoms with van der Waals surface area (Å²) in [6.45, 7) is 20.6. The minimum atomic E-state index is -0.101. The van der Waals surface area contributed by atoms with Gasteiger partial charge in [-0.2, -0.15) is 0 Å². The van der Waals surface area contributed by atoms with Crippen molar-refractivity contribution in [1.82, 2.24) is 4.57 Å². The molecule has 0 aliphatic carbocycles. The Balaban J connectivity index is 1.28. The highest BCUT2D eigenvalue weighted by Crippen LogP contribution is 2.54. The van der Waals surface area contributed by atoms with Gasteiger partial charge in [0.25, 0.3) is 6.71 Å². The molecule has 3 aliphatic heterocycles. The molecule has 8 aromatic rings. The van der Waals surface area contributed by atoms with Crippen molar-refractivity contribution in [3.63, 3.8) is 0 Å². The molecule has 11 rings (SSSR count). The lowest BCUT2D eigenvalue weighted by molar-refractivity contribution is 0.458.